The lowest BCUT2D eigenvalue weighted by atomic mass is 10.1. The molecule has 9 heteroatoms. The summed E-state index contributed by atoms with van der Waals surface area (Å²) in [6, 6.07) is 15.5. The van der Waals surface area contributed by atoms with E-state index < -0.39 is 22.5 Å². The first-order valence-electron chi connectivity index (χ1n) is 8.67. The summed E-state index contributed by atoms with van der Waals surface area (Å²) in [6.07, 6.45) is 0.898. The minimum atomic E-state index is -0.787. The minimum absolute atomic E-state index is 0.0295. The van der Waals surface area contributed by atoms with Gasteiger partial charge in [0.1, 0.15) is 24.0 Å². The fourth-order valence-corrected chi connectivity index (χ4v) is 2.44. The third-order valence-electron chi connectivity index (χ3n) is 4.03. The van der Waals surface area contributed by atoms with Crippen molar-refractivity contribution in [3.63, 3.8) is 0 Å². The number of carbonyl (C=O) groups excluding carboxylic acids is 1. The van der Waals surface area contributed by atoms with Gasteiger partial charge in [-0.05, 0) is 42.0 Å². The van der Waals surface area contributed by atoms with Gasteiger partial charge in [0.2, 0.25) is 0 Å². The van der Waals surface area contributed by atoms with Gasteiger partial charge in [-0.15, -0.1) is 0 Å². The monoisotopic (exact) mass is 411 g/mol. The summed E-state index contributed by atoms with van der Waals surface area (Å²) < 4.78 is 32.6. The van der Waals surface area contributed by atoms with Gasteiger partial charge in [-0.3, -0.25) is 14.9 Å². The van der Waals surface area contributed by atoms with Crippen molar-refractivity contribution in [2.24, 2.45) is 5.10 Å². The largest absolute Gasteiger partial charge is 0.489 e. The Morgan fingerprint density at radius 2 is 1.67 bits per heavy atom. The molecule has 0 saturated carbocycles. The van der Waals surface area contributed by atoms with E-state index in [1.54, 1.807) is 24.3 Å². The summed E-state index contributed by atoms with van der Waals surface area (Å²) in [5.74, 6) is -1.65. The number of amides is 1. The van der Waals surface area contributed by atoms with Crippen molar-refractivity contribution in [2.45, 2.75) is 6.61 Å². The van der Waals surface area contributed by atoms with Crippen LogP contribution in [0.4, 0.5) is 14.5 Å². The SMILES string of the molecule is O=C(N/N=C/c1c(F)cccc1F)c1ccc(COc2ccc([N+](=O)[O-])cc2)cc1. The van der Waals surface area contributed by atoms with Crippen molar-refractivity contribution < 1.29 is 23.2 Å². The van der Waals surface area contributed by atoms with E-state index in [4.69, 9.17) is 4.74 Å². The quantitative estimate of drug-likeness (QED) is 0.358. The molecule has 0 aliphatic carbocycles. The first kappa shape index (κ1) is 20.6. The highest BCUT2D eigenvalue weighted by atomic mass is 19.1. The molecule has 3 aromatic rings. The molecule has 3 rings (SSSR count). The Kier molecular flexibility index (Phi) is 6.43. The summed E-state index contributed by atoms with van der Waals surface area (Å²) in [5.41, 5.74) is 2.88. The molecule has 0 atom stereocenters. The summed E-state index contributed by atoms with van der Waals surface area (Å²) in [7, 11) is 0. The highest BCUT2D eigenvalue weighted by molar-refractivity contribution is 5.94. The van der Waals surface area contributed by atoms with E-state index in [1.807, 2.05) is 0 Å². The number of hydrogen-bond donors (Lipinski definition) is 1. The molecule has 0 spiro atoms. The number of nitrogens with one attached hydrogen (secondary N) is 1. The Labute approximate surface area is 169 Å². The molecule has 0 saturated heterocycles. The van der Waals surface area contributed by atoms with Gasteiger partial charge in [0.15, 0.2) is 0 Å². The molecule has 0 radical (unpaired) electrons. The standard InChI is InChI=1S/C21H15F2N3O4/c22-19-2-1-3-20(23)18(19)12-24-25-21(27)15-6-4-14(5-7-15)13-30-17-10-8-16(9-11-17)26(28)29/h1-12H,13H2,(H,25,27)/b24-12+. The molecular formula is C21H15F2N3O4. The van der Waals surface area contributed by atoms with Crippen LogP contribution in [-0.2, 0) is 6.61 Å². The fraction of sp³-hybridized carbons (Fsp3) is 0.0476. The molecule has 0 heterocycles. The van der Waals surface area contributed by atoms with Crippen LogP contribution in [0, 0.1) is 21.7 Å². The summed E-state index contributed by atoms with van der Waals surface area (Å²) in [4.78, 5) is 22.2. The number of nitro benzene ring substituents is 1. The van der Waals surface area contributed by atoms with Gasteiger partial charge in [0.25, 0.3) is 11.6 Å². The zero-order valence-corrected chi connectivity index (χ0v) is 15.4. The molecule has 1 N–H and O–H groups in total. The van der Waals surface area contributed by atoms with Gasteiger partial charge in [-0.2, -0.15) is 5.10 Å². The van der Waals surface area contributed by atoms with Crippen molar-refractivity contribution in [3.8, 4) is 5.75 Å². The Bertz CT molecular complexity index is 1060. The second-order valence-corrected chi connectivity index (χ2v) is 6.07. The number of halogens is 2. The number of hydrazone groups is 1. The van der Waals surface area contributed by atoms with Crippen LogP contribution in [0.15, 0.2) is 71.8 Å². The normalized spacial score (nSPS) is 10.7. The summed E-state index contributed by atoms with van der Waals surface area (Å²) in [5, 5.41) is 14.2. The Hall–Kier alpha value is -4.14. The summed E-state index contributed by atoms with van der Waals surface area (Å²) in [6.45, 7) is 0.199. The number of benzene rings is 3. The van der Waals surface area contributed by atoms with Crippen LogP contribution in [0.5, 0.6) is 5.75 Å². The van der Waals surface area contributed by atoms with Gasteiger partial charge in [0.05, 0.1) is 16.7 Å². The number of non-ortho nitro benzene ring substituents is 1. The zero-order valence-electron chi connectivity index (χ0n) is 15.4. The topological polar surface area (TPSA) is 93.8 Å². The van der Waals surface area contributed by atoms with Crippen molar-refractivity contribution in [1.82, 2.24) is 5.43 Å². The number of nitrogens with zero attached hydrogens (tertiary/aromatic N) is 2. The molecule has 30 heavy (non-hydrogen) atoms. The average Bonchev–Trinajstić information content (AvgIpc) is 2.75. The number of rotatable bonds is 7. The second kappa shape index (κ2) is 9.37. The molecule has 0 fully saturated rings. The van der Waals surface area contributed by atoms with Crippen LogP contribution < -0.4 is 10.2 Å². The van der Waals surface area contributed by atoms with E-state index in [0.29, 0.717) is 11.3 Å². The smallest absolute Gasteiger partial charge is 0.271 e. The number of carbonyl (C=O) groups is 1. The van der Waals surface area contributed by atoms with Crippen LogP contribution in [0.25, 0.3) is 0 Å². The second-order valence-electron chi connectivity index (χ2n) is 6.07. The Balaban J connectivity index is 1.55. The van der Waals surface area contributed by atoms with Crippen LogP contribution in [0.1, 0.15) is 21.5 Å². The van der Waals surface area contributed by atoms with E-state index in [0.717, 1.165) is 23.9 Å². The maximum Gasteiger partial charge on any atom is 0.271 e. The number of nitro groups is 1. The minimum Gasteiger partial charge on any atom is -0.489 e. The van der Waals surface area contributed by atoms with E-state index in [9.17, 15) is 23.7 Å². The number of hydrogen-bond acceptors (Lipinski definition) is 5. The van der Waals surface area contributed by atoms with Crippen LogP contribution in [0.3, 0.4) is 0 Å². The van der Waals surface area contributed by atoms with Gasteiger partial charge < -0.3 is 4.74 Å². The predicted molar refractivity (Wildman–Crippen MR) is 105 cm³/mol. The lowest BCUT2D eigenvalue weighted by Gasteiger charge is -2.07. The highest BCUT2D eigenvalue weighted by Crippen LogP contribution is 2.18. The third-order valence-corrected chi connectivity index (χ3v) is 4.03. The predicted octanol–water partition coefficient (Wildman–Crippen LogP) is 4.22. The molecule has 0 aromatic heterocycles. The molecule has 0 unspecified atom stereocenters. The van der Waals surface area contributed by atoms with Gasteiger partial charge >= 0.3 is 0 Å². The average molecular weight is 411 g/mol. The van der Waals surface area contributed by atoms with Crippen molar-refractivity contribution in [1.29, 1.82) is 0 Å². The van der Waals surface area contributed by atoms with Gasteiger partial charge in [0, 0.05) is 17.7 Å². The first-order valence-corrected chi connectivity index (χ1v) is 8.67. The highest BCUT2D eigenvalue weighted by Gasteiger charge is 2.08. The maximum absolute atomic E-state index is 13.5. The fourth-order valence-electron chi connectivity index (χ4n) is 2.44. The Morgan fingerprint density at radius 1 is 1.03 bits per heavy atom. The molecule has 7 nitrogen and oxygen atoms in total. The lowest BCUT2D eigenvalue weighted by molar-refractivity contribution is -0.384. The molecule has 3 aromatic carbocycles. The maximum atomic E-state index is 13.5. The zero-order chi connectivity index (χ0) is 21.5. The number of ether oxygens (including phenoxy) is 1. The molecule has 0 bridgehead atoms. The van der Waals surface area contributed by atoms with Crippen LogP contribution in [-0.4, -0.2) is 17.0 Å². The molecule has 0 aliphatic heterocycles. The van der Waals surface area contributed by atoms with Crippen molar-refractivity contribution >= 4 is 17.8 Å². The van der Waals surface area contributed by atoms with E-state index in [1.165, 1.54) is 30.3 Å². The molecule has 152 valence electrons. The van der Waals surface area contributed by atoms with Crippen molar-refractivity contribution in [2.75, 3.05) is 0 Å². The Morgan fingerprint density at radius 3 is 2.27 bits per heavy atom. The van der Waals surface area contributed by atoms with Gasteiger partial charge in [-0.25, -0.2) is 14.2 Å². The first-order chi connectivity index (χ1) is 14.4. The van der Waals surface area contributed by atoms with E-state index in [-0.39, 0.29) is 17.9 Å². The summed E-state index contributed by atoms with van der Waals surface area (Å²) >= 11 is 0. The van der Waals surface area contributed by atoms with Crippen molar-refractivity contribution in [3.05, 3.63) is 105 Å². The van der Waals surface area contributed by atoms with Gasteiger partial charge in [-0.1, -0.05) is 18.2 Å². The third kappa shape index (κ3) is 5.22. The molecule has 1 amide bonds. The van der Waals surface area contributed by atoms with Crippen LogP contribution >= 0.6 is 0 Å². The lowest BCUT2D eigenvalue weighted by Crippen LogP contribution is -2.17. The molecule has 0 aliphatic rings. The van der Waals surface area contributed by atoms with E-state index >= 15 is 0 Å². The van der Waals surface area contributed by atoms with Crippen LogP contribution in [0.2, 0.25) is 0 Å². The van der Waals surface area contributed by atoms with E-state index in [2.05, 4.69) is 10.5 Å². The molecular weight excluding hydrogens is 396 g/mol.